The molecule has 0 heterocycles. The predicted octanol–water partition coefficient (Wildman–Crippen LogP) is 21.6. The summed E-state index contributed by atoms with van der Waals surface area (Å²) in [7, 11) is 0. The van der Waals surface area contributed by atoms with Crippen LogP contribution in [0.2, 0.25) is 0 Å². The summed E-state index contributed by atoms with van der Waals surface area (Å²) < 4.78 is -0.812. The zero-order chi connectivity index (χ0) is 63.7. The van der Waals surface area contributed by atoms with E-state index in [0.717, 1.165) is 0 Å². The smallest absolute Gasteiger partial charge is 0.412 e. The van der Waals surface area contributed by atoms with Crippen molar-refractivity contribution >= 4 is 15.4 Å². The summed E-state index contributed by atoms with van der Waals surface area (Å²) in [4.78, 5) is 0. The van der Waals surface area contributed by atoms with Crippen LogP contribution in [0.5, 0.6) is 0 Å². The van der Waals surface area contributed by atoms with Crippen LogP contribution in [-0.2, 0) is 73.5 Å². The molecule has 2 N–H and O–H groups in total. The van der Waals surface area contributed by atoms with Crippen LogP contribution in [-0.4, -0.2) is 20.9 Å². The van der Waals surface area contributed by atoms with Crippen LogP contribution in [0.4, 0.5) is 0 Å². The predicted molar refractivity (Wildman–Crippen MR) is 381 cm³/mol. The van der Waals surface area contributed by atoms with Gasteiger partial charge < -0.3 is 5.48 Å². The van der Waals surface area contributed by atoms with Crippen LogP contribution < -0.4 is 0 Å². The van der Waals surface area contributed by atoms with E-state index in [9.17, 15) is 0 Å². The van der Waals surface area contributed by atoms with Crippen molar-refractivity contribution in [2.75, 3.05) is 0 Å². The van der Waals surface area contributed by atoms with Gasteiger partial charge in [-0.1, -0.05) is 0 Å². The average molecular weight is 1260 g/mol. The van der Waals surface area contributed by atoms with Crippen LogP contribution in [0, 0.1) is 0 Å². The Morgan fingerprint density at radius 3 is 0.422 bits per heavy atom. The first-order valence-electron chi connectivity index (χ1n) is 35.9. The van der Waals surface area contributed by atoms with Crippen molar-refractivity contribution in [1.29, 1.82) is 0 Å². The van der Waals surface area contributed by atoms with Gasteiger partial charge in [-0.25, -0.2) is 0 Å². The molecule has 0 unspecified atom stereocenters. The van der Waals surface area contributed by atoms with Crippen molar-refractivity contribution in [3.05, 3.63) is 206 Å². The first kappa shape index (κ1) is 62.0. The minimum absolute atomic E-state index is 0. The van der Waals surface area contributed by atoms with Crippen LogP contribution in [0.1, 0.15) is 389 Å². The SMILES string of the molecule is CC1(C)CCC(C)(C)c2cc3c(cc21)C1c2cc4c(cc2[C]3([Ge][C]23c5cc6c(cc5C(c5cc7c(cc52)C(C)(C)CCC7(C)C)c2cc5c(cc23)C(C)(C)CCC5(C)C)C(C)(C)CCC6(C)C)c2cc3c(cc21)C(C)(C)CCC3(C)C)C(C)(C)CCC4(C)C.O. The molecule has 0 aliphatic heterocycles. The van der Waals surface area contributed by atoms with E-state index in [-0.39, 0.29) is 82.3 Å². The van der Waals surface area contributed by atoms with Gasteiger partial charge in [-0.05, 0) is 0 Å². The Kier molecular flexibility index (Phi) is 12.3. The van der Waals surface area contributed by atoms with Crippen molar-refractivity contribution in [3.8, 4) is 0 Å². The molecule has 6 aromatic carbocycles. The summed E-state index contributed by atoms with van der Waals surface area (Å²) >= 11 is -1.34. The molecular weight excluding hydrogens is 1150 g/mol. The summed E-state index contributed by atoms with van der Waals surface area (Å²) in [6.07, 6.45) is 14.6. The molecule has 2 radical (unpaired) electrons. The third kappa shape index (κ3) is 7.78. The third-order valence-corrected chi connectivity index (χ3v) is 33.8. The molecule has 0 amide bonds. The molecule has 474 valence electrons. The van der Waals surface area contributed by atoms with E-state index in [4.69, 9.17) is 0 Å². The topological polar surface area (TPSA) is 31.5 Å². The number of hydrogen-bond acceptors (Lipinski definition) is 0. The van der Waals surface area contributed by atoms with E-state index < -0.39 is 23.9 Å². The number of hydrogen-bond donors (Lipinski definition) is 0. The fourth-order valence-corrected chi connectivity index (χ4v) is 27.3. The standard InChI is InChI=1S/C88H110Ge.H2O/c1-75(2)25-31-81(13,14)67-43-55-49(37-61(67)75)73-50-38-62-68(82(15,16)32-26-76(62,3)4)44-56(50)87(55,57-45-69-63(39-51(57)73)77(5,6)27-33-83(69,17)18)89-88-58-46-70-64(78(7,8)28-34-84(70,19)20)40-52(58)74(53-41-65-71(47-59(53)88)85(21,22)35-29-79(65,9)10)54-42-66-72(48-60(54)88)86(23,24)36-30-80(66,11)12;/h37-48,73-74H,25-36H2,1-24H3;1H2. The van der Waals surface area contributed by atoms with Crippen LogP contribution in [0.3, 0.4) is 0 Å². The fourth-order valence-electron chi connectivity index (χ4n) is 21.7. The van der Waals surface area contributed by atoms with Gasteiger partial charge >= 0.3 is 550 Å². The molecule has 0 spiro atoms. The Morgan fingerprint density at radius 2 is 0.300 bits per heavy atom. The molecule has 4 bridgehead atoms. The van der Waals surface area contributed by atoms with Gasteiger partial charge in [-0.2, -0.15) is 0 Å². The molecule has 0 atom stereocenters. The second-order valence-corrected chi connectivity index (χ2v) is 43.7. The molecule has 12 aliphatic carbocycles. The van der Waals surface area contributed by atoms with Crippen LogP contribution >= 0.6 is 0 Å². The largest absolute Gasteiger partial charge is 0.412 e. The molecule has 6 aromatic rings. The molecule has 1 nitrogen and oxygen atoms in total. The van der Waals surface area contributed by atoms with Gasteiger partial charge in [0.25, 0.3) is 0 Å². The van der Waals surface area contributed by atoms with Crippen LogP contribution in [0.15, 0.2) is 72.8 Å². The van der Waals surface area contributed by atoms with Gasteiger partial charge in [-0.3, -0.25) is 0 Å². The van der Waals surface area contributed by atoms with Crippen molar-refractivity contribution < 1.29 is 5.48 Å². The molecule has 90 heavy (non-hydrogen) atoms. The van der Waals surface area contributed by atoms with Crippen molar-refractivity contribution in [2.45, 2.75) is 329 Å². The van der Waals surface area contributed by atoms with E-state index >= 15 is 0 Å². The molecule has 18 rings (SSSR count). The molecule has 2 heteroatoms. The fraction of sp³-hybridized carbons (Fsp3) is 0.591. The molecular formula is C88H112GeO. The summed E-state index contributed by atoms with van der Waals surface area (Å²) in [6.45, 7) is 62.7. The molecule has 0 fully saturated rings. The minimum atomic E-state index is -1.34. The maximum Gasteiger partial charge on any atom is -0.412 e. The monoisotopic (exact) mass is 1260 g/mol. The first-order chi connectivity index (χ1) is 40.9. The molecule has 0 saturated heterocycles. The number of fused-ring (bicyclic) bond motifs is 6. The van der Waals surface area contributed by atoms with Gasteiger partial charge in [0.15, 0.2) is 0 Å². The van der Waals surface area contributed by atoms with Crippen molar-refractivity contribution in [3.63, 3.8) is 0 Å². The summed E-state index contributed by atoms with van der Waals surface area (Å²) in [6, 6.07) is 35.4. The summed E-state index contributed by atoms with van der Waals surface area (Å²) in [5, 5.41) is 0. The van der Waals surface area contributed by atoms with Gasteiger partial charge in [-0.15, -0.1) is 0 Å². The maximum absolute atomic E-state index is 2.99. The zero-order valence-corrected chi connectivity index (χ0v) is 62.7. The Balaban J connectivity index is 0.00000676. The minimum Gasteiger partial charge on any atom is -0.412 e. The van der Waals surface area contributed by atoms with E-state index in [1.165, 1.54) is 77.0 Å². The van der Waals surface area contributed by atoms with Crippen molar-refractivity contribution in [2.24, 2.45) is 0 Å². The second-order valence-electron chi connectivity index (χ2n) is 40.0. The Morgan fingerprint density at radius 1 is 0.189 bits per heavy atom. The molecule has 0 saturated carbocycles. The van der Waals surface area contributed by atoms with Gasteiger partial charge in [0.05, 0.1) is 0 Å². The Labute approximate surface area is 552 Å². The normalized spacial score (nSPS) is 29.5. The summed E-state index contributed by atoms with van der Waals surface area (Å²) in [5.74, 6) is 0.331. The number of benzene rings is 6. The van der Waals surface area contributed by atoms with E-state index in [1.807, 2.05) is 0 Å². The number of rotatable bonds is 2. The summed E-state index contributed by atoms with van der Waals surface area (Å²) in [5.41, 5.74) is 40.3. The van der Waals surface area contributed by atoms with E-state index in [1.54, 1.807) is 134 Å². The Hall–Kier alpha value is -4.18. The van der Waals surface area contributed by atoms with Crippen molar-refractivity contribution in [1.82, 2.24) is 0 Å². The average Bonchev–Trinajstić information content (AvgIpc) is 0.650. The maximum atomic E-state index is 2.99. The molecule has 12 aliphatic rings. The first-order valence-corrected chi connectivity index (χ1v) is 38.0. The third-order valence-electron chi connectivity index (χ3n) is 28.8. The van der Waals surface area contributed by atoms with E-state index in [0.29, 0.717) is 0 Å². The quantitative estimate of drug-likeness (QED) is 0.155. The zero-order valence-electron chi connectivity index (χ0n) is 60.6. The second kappa shape index (κ2) is 17.8. The van der Waals surface area contributed by atoms with Gasteiger partial charge in [0.2, 0.25) is 0 Å². The van der Waals surface area contributed by atoms with E-state index in [2.05, 4.69) is 239 Å². The Bertz CT molecular complexity index is 3510. The molecule has 0 aromatic heterocycles. The van der Waals surface area contributed by atoms with Gasteiger partial charge in [0, 0.05) is 0 Å². The van der Waals surface area contributed by atoms with Crippen LogP contribution in [0.25, 0.3) is 0 Å². The van der Waals surface area contributed by atoms with Gasteiger partial charge in [0.1, 0.15) is 0 Å².